The van der Waals surface area contributed by atoms with Crippen molar-refractivity contribution >= 4 is 38.8 Å². The number of amides is 1. The van der Waals surface area contributed by atoms with E-state index in [1.807, 2.05) is 0 Å². The zero-order chi connectivity index (χ0) is 14.9. The van der Waals surface area contributed by atoms with E-state index in [1.54, 1.807) is 5.38 Å². The summed E-state index contributed by atoms with van der Waals surface area (Å²) in [5.74, 6) is 0.346. The Morgan fingerprint density at radius 1 is 1.14 bits per heavy atom. The van der Waals surface area contributed by atoms with E-state index in [0.717, 1.165) is 10.1 Å². The van der Waals surface area contributed by atoms with Crippen LogP contribution in [0.15, 0.2) is 5.38 Å². The van der Waals surface area contributed by atoms with Crippen molar-refractivity contribution in [2.75, 3.05) is 10.6 Å². The summed E-state index contributed by atoms with van der Waals surface area (Å²) in [6.07, 6.45) is 7.30. The number of hydrogen-bond donors (Lipinski definition) is 2. The van der Waals surface area contributed by atoms with Crippen LogP contribution in [0.4, 0.5) is 10.3 Å². The van der Waals surface area contributed by atoms with E-state index in [1.165, 1.54) is 61.2 Å². The number of rotatable bonds is 5. The summed E-state index contributed by atoms with van der Waals surface area (Å²) < 4.78 is 0. The normalized spacial score (nSPS) is 18.5. The Morgan fingerprint density at radius 3 is 2.73 bits per heavy atom. The molecule has 4 rings (SSSR count). The minimum atomic E-state index is -0.214. The fourth-order valence-electron chi connectivity index (χ4n) is 2.63. The van der Waals surface area contributed by atoms with Crippen LogP contribution in [0, 0.1) is 0 Å². The van der Waals surface area contributed by atoms with Crippen molar-refractivity contribution in [1.82, 2.24) is 15.2 Å². The smallest absolute Gasteiger partial charge is 0.277 e. The molecule has 22 heavy (non-hydrogen) atoms. The van der Waals surface area contributed by atoms with Gasteiger partial charge in [0.25, 0.3) is 5.91 Å². The van der Waals surface area contributed by atoms with Crippen molar-refractivity contribution in [2.24, 2.45) is 0 Å². The zero-order valence-electron chi connectivity index (χ0n) is 12.0. The van der Waals surface area contributed by atoms with Crippen LogP contribution in [0.2, 0.25) is 0 Å². The van der Waals surface area contributed by atoms with Crippen LogP contribution in [-0.2, 0) is 0 Å². The van der Waals surface area contributed by atoms with Gasteiger partial charge in [-0.05, 0) is 25.7 Å². The first-order chi connectivity index (χ1) is 10.8. The minimum absolute atomic E-state index is 0.214. The monoisotopic (exact) mass is 335 g/mol. The molecule has 6 nitrogen and oxygen atoms in total. The minimum Gasteiger partial charge on any atom is -0.359 e. The molecule has 0 radical (unpaired) electrons. The Bertz CT molecular complexity index is 672. The Hall–Kier alpha value is -1.54. The molecule has 0 bridgehead atoms. The first-order valence-corrected chi connectivity index (χ1v) is 9.34. The van der Waals surface area contributed by atoms with E-state index in [-0.39, 0.29) is 5.91 Å². The van der Waals surface area contributed by atoms with Crippen LogP contribution in [-0.4, -0.2) is 27.1 Å². The van der Waals surface area contributed by atoms with Crippen molar-refractivity contribution in [3.8, 4) is 0 Å². The molecule has 0 aliphatic heterocycles. The number of anilines is 2. The maximum atomic E-state index is 12.2. The van der Waals surface area contributed by atoms with Crippen molar-refractivity contribution in [3.63, 3.8) is 0 Å². The third-order valence-corrected chi connectivity index (χ3v) is 5.78. The standard InChI is InChI=1S/C14H17N5OS2/c20-11(17-14-19-18-12(22-14)8-5-6-8)10-7-21-13(16-10)15-9-3-1-2-4-9/h7-9H,1-6H2,(H,15,16)(H,17,19,20). The second-order valence-corrected chi connectivity index (χ2v) is 7.70. The number of aromatic nitrogens is 3. The average Bonchev–Trinajstić information content (AvgIpc) is 2.96. The summed E-state index contributed by atoms with van der Waals surface area (Å²) in [6.45, 7) is 0. The molecule has 2 N–H and O–H groups in total. The molecule has 2 fully saturated rings. The Labute approximate surface area is 136 Å². The molecule has 2 aromatic heterocycles. The van der Waals surface area contributed by atoms with Gasteiger partial charge in [0.05, 0.1) is 0 Å². The zero-order valence-corrected chi connectivity index (χ0v) is 13.7. The predicted molar refractivity (Wildman–Crippen MR) is 87.8 cm³/mol. The van der Waals surface area contributed by atoms with Gasteiger partial charge in [-0.1, -0.05) is 24.2 Å². The largest absolute Gasteiger partial charge is 0.359 e. The first kappa shape index (κ1) is 14.1. The fourth-order valence-corrected chi connectivity index (χ4v) is 4.31. The molecule has 1 amide bonds. The van der Waals surface area contributed by atoms with E-state index in [2.05, 4.69) is 25.8 Å². The number of nitrogens with zero attached hydrogens (tertiary/aromatic N) is 3. The van der Waals surface area contributed by atoms with Gasteiger partial charge in [-0.15, -0.1) is 21.5 Å². The molecule has 0 spiro atoms. The highest BCUT2D eigenvalue weighted by Crippen LogP contribution is 2.42. The van der Waals surface area contributed by atoms with E-state index in [9.17, 15) is 4.79 Å². The molecule has 8 heteroatoms. The quantitative estimate of drug-likeness (QED) is 0.874. The number of nitrogens with one attached hydrogen (secondary N) is 2. The van der Waals surface area contributed by atoms with Crippen LogP contribution in [0.3, 0.4) is 0 Å². The Kier molecular flexibility index (Phi) is 3.79. The number of carbonyl (C=O) groups excluding carboxylic acids is 1. The van der Waals surface area contributed by atoms with Gasteiger partial charge >= 0.3 is 0 Å². The molecule has 2 saturated carbocycles. The topological polar surface area (TPSA) is 79.8 Å². The van der Waals surface area contributed by atoms with Crippen LogP contribution < -0.4 is 10.6 Å². The van der Waals surface area contributed by atoms with Crippen molar-refractivity contribution < 1.29 is 4.79 Å². The number of thiazole rings is 1. The summed E-state index contributed by atoms with van der Waals surface area (Å²) in [4.78, 5) is 16.6. The van der Waals surface area contributed by atoms with E-state index in [4.69, 9.17) is 0 Å². The third-order valence-electron chi connectivity index (χ3n) is 4.01. The summed E-state index contributed by atoms with van der Waals surface area (Å²) in [7, 11) is 0. The summed E-state index contributed by atoms with van der Waals surface area (Å²) in [5.41, 5.74) is 0.439. The molecule has 2 heterocycles. The van der Waals surface area contributed by atoms with Gasteiger partial charge in [-0.2, -0.15) is 0 Å². The van der Waals surface area contributed by atoms with Gasteiger partial charge in [-0.25, -0.2) is 4.98 Å². The molecule has 0 aromatic carbocycles. The van der Waals surface area contributed by atoms with Gasteiger partial charge in [0.2, 0.25) is 5.13 Å². The second kappa shape index (κ2) is 5.92. The van der Waals surface area contributed by atoms with Gasteiger partial charge in [0.1, 0.15) is 10.7 Å². The summed E-state index contributed by atoms with van der Waals surface area (Å²) in [5, 5.41) is 18.6. The van der Waals surface area contributed by atoms with Crippen molar-refractivity contribution in [1.29, 1.82) is 0 Å². The fraction of sp³-hybridized carbons (Fsp3) is 0.571. The second-order valence-electron chi connectivity index (χ2n) is 5.84. The van der Waals surface area contributed by atoms with Gasteiger partial charge in [-0.3, -0.25) is 10.1 Å². The lowest BCUT2D eigenvalue weighted by Gasteiger charge is -2.09. The lowest BCUT2D eigenvalue weighted by molar-refractivity contribution is 0.102. The van der Waals surface area contributed by atoms with Crippen LogP contribution >= 0.6 is 22.7 Å². The van der Waals surface area contributed by atoms with Crippen LogP contribution in [0.25, 0.3) is 0 Å². The highest BCUT2D eigenvalue weighted by molar-refractivity contribution is 7.15. The lowest BCUT2D eigenvalue weighted by Crippen LogP contribution is -2.15. The molecule has 0 atom stereocenters. The van der Waals surface area contributed by atoms with E-state index >= 15 is 0 Å². The molecular weight excluding hydrogens is 318 g/mol. The number of carbonyl (C=O) groups is 1. The lowest BCUT2D eigenvalue weighted by atomic mass is 10.3. The summed E-state index contributed by atoms with van der Waals surface area (Å²) >= 11 is 2.94. The molecule has 0 saturated heterocycles. The summed E-state index contributed by atoms with van der Waals surface area (Å²) in [6, 6.07) is 0.506. The molecule has 2 aliphatic rings. The first-order valence-electron chi connectivity index (χ1n) is 7.65. The van der Waals surface area contributed by atoms with Crippen LogP contribution in [0.5, 0.6) is 0 Å². The number of hydrogen-bond acceptors (Lipinski definition) is 7. The Morgan fingerprint density at radius 2 is 1.95 bits per heavy atom. The SMILES string of the molecule is O=C(Nc1nnc(C2CC2)s1)c1csc(NC2CCCC2)n1. The van der Waals surface area contributed by atoms with E-state index < -0.39 is 0 Å². The van der Waals surface area contributed by atoms with Gasteiger partial charge in [0.15, 0.2) is 5.13 Å². The van der Waals surface area contributed by atoms with Crippen molar-refractivity contribution in [2.45, 2.75) is 50.5 Å². The molecule has 2 aromatic rings. The Balaban J connectivity index is 1.37. The predicted octanol–water partition coefficient (Wildman–Crippen LogP) is 3.48. The van der Waals surface area contributed by atoms with Gasteiger partial charge in [0, 0.05) is 17.3 Å². The van der Waals surface area contributed by atoms with Gasteiger partial charge < -0.3 is 5.32 Å². The maximum absolute atomic E-state index is 12.2. The molecule has 0 unspecified atom stereocenters. The molecule has 2 aliphatic carbocycles. The third kappa shape index (κ3) is 3.12. The van der Waals surface area contributed by atoms with Crippen LogP contribution in [0.1, 0.15) is 59.9 Å². The molecular formula is C14H17N5OS2. The maximum Gasteiger partial charge on any atom is 0.277 e. The average molecular weight is 335 g/mol. The van der Waals surface area contributed by atoms with E-state index in [0.29, 0.717) is 22.8 Å². The highest BCUT2D eigenvalue weighted by atomic mass is 32.1. The highest BCUT2D eigenvalue weighted by Gasteiger charge is 2.28. The molecule has 116 valence electrons. The van der Waals surface area contributed by atoms with Crippen molar-refractivity contribution in [3.05, 3.63) is 16.1 Å².